The summed E-state index contributed by atoms with van der Waals surface area (Å²) in [6, 6.07) is 0. The van der Waals surface area contributed by atoms with E-state index in [0.717, 1.165) is 0 Å². The van der Waals surface area contributed by atoms with Crippen LogP contribution in [-0.4, -0.2) is 28.9 Å². The minimum absolute atomic E-state index is 0.861. The number of halogens is 9. The fourth-order valence-electron chi connectivity index (χ4n) is 0.646. The zero-order valence-corrected chi connectivity index (χ0v) is 7.82. The van der Waals surface area contributed by atoms with Crippen molar-refractivity contribution in [3.8, 4) is 0 Å². The van der Waals surface area contributed by atoms with Gasteiger partial charge in [-0.1, -0.05) is 0 Å². The second-order valence-corrected chi connectivity index (χ2v) is 2.87. The third-order valence-electron chi connectivity index (χ3n) is 1.57. The summed E-state index contributed by atoms with van der Waals surface area (Å²) in [6.07, 6.45) is -9.14. The molecule has 0 atom stereocenters. The molecule has 3 nitrogen and oxygen atoms in total. The van der Waals surface area contributed by atoms with Crippen molar-refractivity contribution in [3.63, 3.8) is 0 Å². The van der Waals surface area contributed by atoms with E-state index < -0.39 is 41.1 Å². The molecule has 0 saturated heterocycles. The topological polar surface area (TPSA) is 43.1 Å². The molecule has 0 amide bonds. The fourth-order valence-corrected chi connectivity index (χ4v) is 0.646. The summed E-state index contributed by atoms with van der Waals surface area (Å²) in [6.45, 7) is 0. The lowest BCUT2D eigenvalue weighted by atomic mass is 10.0. The first-order chi connectivity index (χ1) is 7.67. The molecular weight excluding hydrogens is 289 g/mol. The molecule has 0 aromatic rings. The van der Waals surface area contributed by atoms with Gasteiger partial charge in [0.15, 0.2) is 0 Å². The van der Waals surface area contributed by atoms with E-state index in [0.29, 0.717) is 0 Å². The molecule has 0 rings (SSSR count). The first-order valence-corrected chi connectivity index (χ1v) is 3.70. The average molecular weight is 291 g/mol. The summed E-state index contributed by atoms with van der Waals surface area (Å²) in [5.41, 5.74) is 0. The van der Waals surface area contributed by atoms with E-state index in [4.69, 9.17) is 0 Å². The monoisotopic (exact) mass is 291 g/mol. The lowest BCUT2D eigenvalue weighted by molar-refractivity contribution is -0.408. The van der Waals surface area contributed by atoms with E-state index in [1.54, 1.807) is 0 Å². The van der Waals surface area contributed by atoms with Gasteiger partial charge in [0.1, 0.15) is 0 Å². The molecule has 0 bridgehead atoms. The standard InChI is InChI=1S/C6H2F9NO2/c7-3(8,1-2-16(17)18)4(9,10)5(11,12)6(13,14)15/h1-2H/b2-1-. The molecule has 0 unspecified atom stereocenters. The average Bonchev–Trinajstić information content (AvgIpc) is 2.12. The van der Waals surface area contributed by atoms with Crippen LogP contribution in [0.15, 0.2) is 12.3 Å². The number of nitrogens with zero attached hydrogens (tertiary/aromatic N) is 1. The highest BCUT2D eigenvalue weighted by Gasteiger charge is 2.81. The molecule has 0 aliphatic carbocycles. The fraction of sp³-hybridized carbons (Fsp3) is 0.667. The van der Waals surface area contributed by atoms with Crippen molar-refractivity contribution in [2.24, 2.45) is 0 Å². The van der Waals surface area contributed by atoms with Gasteiger partial charge in [-0.25, -0.2) is 0 Å². The zero-order valence-electron chi connectivity index (χ0n) is 7.82. The molecule has 0 saturated carbocycles. The third kappa shape index (κ3) is 2.67. The number of hydrogen-bond donors (Lipinski definition) is 0. The van der Waals surface area contributed by atoms with Crippen molar-refractivity contribution in [1.29, 1.82) is 0 Å². The second kappa shape index (κ2) is 4.31. The van der Waals surface area contributed by atoms with Gasteiger partial charge in [-0.05, 0) is 0 Å². The van der Waals surface area contributed by atoms with E-state index >= 15 is 0 Å². The molecule has 0 radical (unpaired) electrons. The van der Waals surface area contributed by atoms with Crippen LogP contribution in [-0.2, 0) is 0 Å². The van der Waals surface area contributed by atoms with Crippen molar-refractivity contribution in [3.05, 3.63) is 22.4 Å². The van der Waals surface area contributed by atoms with Crippen LogP contribution < -0.4 is 0 Å². The highest BCUT2D eigenvalue weighted by molar-refractivity contribution is 5.08. The highest BCUT2D eigenvalue weighted by atomic mass is 19.4. The Kier molecular flexibility index (Phi) is 3.96. The molecule has 18 heavy (non-hydrogen) atoms. The summed E-state index contributed by atoms with van der Waals surface area (Å²) in [5, 5.41) is 9.55. The Morgan fingerprint density at radius 3 is 1.50 bits per heavy atom. The molecule has 0 spiro atoms. The van der Waals surface area contributed by atoms with Crippen molar-refractivity contribution in [2.75, 3.05) is 0 Å². The third-order valence-corrected chi connectivity index (χ3v) is 1.57. The highest BCUT2D eigenvalue weighted by Crippen LogP contribution is 2.53. The van der Waals surface area contributed by atoms with Crippen molar-refractivity contribution in [2.45, 2.75) is 23.9 Å². The lowest BCUT2D eigenvalue weighted by Crippen LogP contribution is -2.60. The summed E-state index contributed by atoms with van der Waals surface area (Å²) in [4.78, 5) is 7.82. The van der Waals surface area contributed by atoms with Crippen LogP contribution in [0.5, 0.6) is 0 Å². The molecule has 0 aromatic carbocycles. The molecule has 0 aliphatic heterocycles. The van der Waals surface area contributed by atoms with Gasteiger partial charge in [0.05, 0.1) is 11.0 Å². The van der Waals surface area contributed by atoms with Crippen LogP contribution in [0, 0.1) is 10.1 Å². The smallest absolute Gasteiger partial charge is 0.259 e. The first kappa shape index (κ1) is 16.5. The van der Waals surface area contributed by atoms with Crippen LogP contribution in [0.2, 0.25) is 0 Å². The zero-order chi connectivity index (χ0) is 15.0. The number of rotatable bonds is 4. The van der Waals surface area contributed by atoms with Gasteiger partial charge in [0.25, 0.3) is 0 Å². The van der Waals surface area contributed by atoms with E-state index in [1.165, 1.54) is 0 Å². The Balaban J connectivity index is 5.57. The van der Waals surface area contributed by atoms with Crippen LogP contribution in [0.25, 0.3) is 0 Å². The largest absolute Gasteiger partial charge is 0.460 e. The van der Waals surface area contributed by atoms with Gasteiger partial charge in [0.2, 0.25) is 6.20 Å². The van der Waals surface area contributed by atoms with E-state index in [9.17, 15) is 49.6 Å². The Hall–Kier alpha value is -1.49. The predicted octanol–water partition coefficient (Wildman–Crippen LogP) is 3.25. The van der Waals surface area contributed by atoms with E-state index in [-0.39, 0.29) is 0 Å². The molecule has 0 fully saturated rings. The number of hydrogen-bond acceptors (Lipinski definition) is 2. The summed E-state index contributed by atoms with van der Waals surface area (Å²) >= 11 is 0. The van der Waals surface area contributed by atoms with Gasteiger partial charge in [-0.3, -0.25) is 10.1 Å². The Bertz CT molecular complexity index is 359. The Morgan fingerprint density at radius 1 is 0.833 bits per heavy atom. The molecule has 0 heterocycles. The number of nitro groups is 1. The maximum atomic E-state index is 12.5. The SMILES string of the molecule is O=[N+]([O-])/C=C\C(F)(F)C(F)(F)C(F)(F)C(F)(F)F. The number of alkyl halides is 9. The van der Waals surface area contributed by atoms with Crippen LogP contribution in [0.4, 0.5) is 39.5 Å². The maximum absolute atomic E-state index is 12.5. The number of allylic oxidation sites excluding steroid dienone is 1. The summed E-state index contributed by atoms with van der Waals surface area (Å²) in [5.74, 6) is -20.0. The predicted molar refractivity (Wildman–Crippen MR) is 37.0 cm³/mol. The maximum Gasteiger partial charge on any atom is 0.460 e. The molecule has 12 heteroatoms. The van der Waals surface area contributed by atoms with Crippen molar-refractivity contribution >= 4 is 0 Å². The van der Waals surface area contributed by atoms with Crippen molar-refractivity contribution in [1.82, 2.24) is 0 Å². The molecule has 0 aromatic heterocycles. The Labute approximate surface area is 92.0 Å². The van der Waals surface area contributed by atoms with Gasteiger partial charge in [-0.15, -0.1) is 0 Å². The van der Waals surface area contributed by atoms with Gasteiger partial charge >= 0.3 is 23.9 Å². The van der Waals surface area contributed by atoms with Gasteiger partial charge < -0.3 is 0 Å². The Morgan fingerprint density at radius 2 is 1.22 bits per heavy atom. The van der Waals surface area contributed by atoms with Crippen LogP contribution in [0.3, 0.4) is 0 Å². The lowest BCUT2D eigenvalue weighted by Gasteiger charge is -2.31. The minimum Gasteiger partial charge on any atom is -0.259 e. The van der Waals surface area contributed by atoms with Gasteiger partial charge in [-0.2, -0.15) is 39.5 Å². The van der Waals surface area contributed by atoms with Crippen LogP contribution in [0.1, 0.15) is 0 Å². The summed E-state index contributed by atoms with van der Waals surface area (Å²) in [7, 11) is 0. The quantitative estimate of drug-likeness (QED) is 0.453. The minimum atomic E-state index is -7.05. The molecule has 0 aliphatic rings. The molecule has 106 valence electrons. The molecule has 0 N–H and O–H groups in total. The van der Waals surface area contributed by atoms with E-state index in [1.807, 2.05) is 0 Å². The molecular formula is C6H2F9NO2. The normalized spacial score (nSPS) is 15.2. The first-order valence-electron chi connectivity index (χ1n) is 3.70. The summed E-state index contributed by atoms with van der Waals surface area (Å²) < 4.78 is 109. The second-order valence-electron chi connectivity index (χ2n) is 2.87. The van der Waals surface area contributed by atoms with Gasteiger partial charge in [0, 0.05) is 0 Å². The van der Waals surface area contributed by atoms with E-state index in [2.05, 4.69) is 0 Å². The van der Waals surface area contributed by atoms with Crippen molar-refractivity contribution < 1.29 is 44.4 Å². The van der Waals surface area contributed by atoms with Crippen LogP contribution >= 0.6 is 0 Å².